The molecule has 0 bridgehead atoms. The molecule has 3 amide bonds. The van der Waals surface area contributed by atoms with Crippen LogP contribution in [0.5, 0.6) is 0 Å². The number of carbonyl (C=O) groups is 3. The standard InChI is InChI=1S/C51H55N9O6/c1-64-51(63)57-45(34-15-7-4-8-16-34)50(62)59-40-19-11-9-17-35(40)26-42(59)47-53-29-39(56-47)32-23-21-31(22-24-32)37-25-38-46(52-28-37)58-48(55-38)43-27-36-18-10-12-20-41(36)60(43)49(61)44(54-30-66-65-2)33-13-5-3-6-14-33/h3-8,13-16,21-25,28-30,35-36,40-45H,9-12,17-20,26-27H2,1-2H3,(H,53,56)(H,57,63)(H,52,55,58)/t35-,36-,40-,41-,42-,43-,44+,45+/m0/s1. The van der Waals surface area contributed by atoms with E-state index in [9.17, 15) is 14.4 Å². The first-order chi connectivity index (χ1) is 32.4. The number of rotatable bonds is 12. The highest BCUT2D eigenvalue weighted by molar-refractivity contribution is 5.88. The van der Waals surface area contributed by atoms with Gasteiger partial charge in [-0.1, -0.05) is 111 Å². The van der Waals surface area contributed by atoms with Crippen LogP contribution in [-0.2, 0) is 24.1 Å². The molecule has 0 radical (unpaired) electrons. The summed E-state index contributed by atoms with van der Waals surface area (Å²) in [6.45, 7) is 0. The summed E-state index contributed by atoms with van der Waals surface area (Å²) >= 11 is 0. The molecule has 66 heavy (non-hydrogen) atoms. The summed E-state index contributed by atoms with van der Waals surface area (Å²) in [5, 5.41) is 2.81. The number of likely N-dealkylation sites (tertiary alicyclic amines) is 2. The molecular formula is C51H55N9O6. The summed E-state index contributed by atoms with van der Waals surface area (Å²) in [6, 6.07) is 27.2. The molecule has 340 valence electrons. The summed E-state index contributed by atoms with van der Waals surface area (Å²) < 4.78 is 4.95. The first-order valence-electron chi connectivity index (χ1n) is 23.2. The summed E-state index contributed by atoms with van der Waals surface area (Å²) in [4.78, 5) is 81.9. The zero-order valence-electron chi connectivity index (χ0n) is 37.2. The van der Waals surface area contributed by atoms with Crippen LogP contribution >= 0.6 is 0 Å². The van der Waals surface area contributed by atoms with Crippen molar-refractivity contribution in [1.29, 1.82) is 0 Å². The number of nitrogens with one attached hydrogen (secondary N) is 3. The van der Waals surface area contributed by atoms with Gasteiger partial charge < -0.3 is 34.7 Å². The van der Waals surface area contributed by atoms with Gasteiger partial charge in [-0.05, 0) is 78.7 Å². The number of aromatic nitrogens is 5. The number of hydrogen-bond acceptors (Lipinski definition) is 10. The van der Waals surface area contributed by atoms with Crippen molar-refractivity contribution in [2.75, 3.05) is 14.2 Å². The number of hydrogen-bond donors (Lipinski definition) is 3. The van der Waals surface area contributed by atoms with Crippen LogP contribution in [0.3, 0.4) is 0 Å². The summed E-state index contributed by atoms with van der Waals surface area (Å²) in [5.74, 6) is 1.93. The number of imidazole rings is 2. The first kappa shape index (κ1) is 43.0. The second-order valence-corrected chi connectivity index (χ2v) is 18.0. The molecule has 8 atom stereocenters. The molecule has 0 unspecified atom stereocenters. The number of nitrogens with zero attached hydrogens (tertiary/aromatic N) is 6. The van der Waals surface area contributed by atoms with Crippen LogP contribution < -0.4 is 5.32 Å². The number of H-pyrrole nitrogens is 2. The first-order valence-corrected chi connectivity index (χ1v) is 23.2. The van der Waals surface area contributed by atoms with E-state index in [4.69, 9.17) is 29.5 Å². The number of ether oxygens (including phenoxy) is 1. The molecule has 6 aromatic rings. The quantitative estimate of drug-likeness (QED) is 0.0468. The molecule has 5 heterocycles. The minimum absolute atomic E-state index is 0.0592. The Morgan fingerprint density at radius 3 is 2.00 bits per heavy atom. The minimum atomic E-state index is -0.892. The van der Waals surface area contributed by atoms with Gasteiger partial charge in [0.1, 0.15) is 17.7 Å². The zero-order chi connectivity index (χ0) is 45.1. The van der Waals surface area contributed by atoms with E-state index in [0.717, 1.165) is 109 Å². The summed E-state index contributed by atoms with van der Waals surface area (Å²) in [6.07, 6.45) is 14.2. The highest BCUT2D eigenvalue weighted by atomic mass is 17.2. The molecule has 4 aliphatic rings. The molecule has 3 N–H and O–H groups in total. The number of aliphatic imine (C=N–C) groups is 1. The molecule has 3 aromatic carbocycles. The predicted molar refractivity (Wildman–Crippen MR) is 247 cm³/mol. The van der Waals surface area contributed by atoms with E-state index in [1.165, 1.54) is 20.6 Å². The van der Waals surface area contributed by atoms with Gasteiger partial charge in [0, 0.05) is 23.8 Å². The Bertz CT molecular complexity index is 2690. The average Bonchev–Trinajstić information content (AvgIpc) is 4.18. The number of pyridine rings is 1. The lowest BCUT2D eigenvalue weighted by Crippen LogP contribution is -2.47. The average molecular weight is 890 g/mol. The normalized spacial score (nSPS) is 23.6. The number of methoxy groups -OCH3 is 1. The highest BCUT2D eigenvalue weighted by Gasteiger charge is 2.49. The van der Waals surface area contributed by atoms with Crippen molar-refractivity contribution in [3.05, 3.63) is 126 Å². The van der Waals surface area contributed by atoms with Gasteiger partial charge in [0.05, 0.1) is 43.7 Å². The van der Waals surface area contributed by atoms with Gasteiger partial charge in [-0.3, -0.25) is 9.59 Å². The van der Waals surface area contributed by atoms with Gasteiger partial charge in [-0.15, -0.1) is 0 Å². The molecule has 15 nitrogen and oxygen atoms in total. The van der Waals surface area contributed by atoms with Gasteiger partial charge in [-0.2, -0.15) is 4.89 Å². The molecule has 0 spiro atoms. The Morgan fingerprint density at radius 2 is 1.33 bits per heavy atom. The molecule has 10 rings (SSSR count). The largest absolute Gasteiger partial charge is 0.453 e. The Labute approximate surface area is 383 Å². The Morgan fingerprint density at radius 1 is 0.712 bits per heavy atom. The Kier molecular flexibility index (Phi) is 12.3. The van der Waals surface area contributed by atoms with Crippen molar-refractivity contribution in [1.82, 2.24) is 40.0 Å². The fourth-order valence-corrected chi connectivity index (χ4v) is 11.2. The molecule has 3 aromatic heterocycles. The molecule has 2 aliphatic heterocycles. The van der Waals surface area contributed by atoms with E-state index in [0.29, 0.717) is 23.0 Å². The van der Waals surface area contributed by atoms with E-state index in [1.807, 2.05) is 82.9 Å². The van der Waals surface area contributed by atoms with Crippen molar-refractivity contribution in [2.45, 2.75) is 100 Å². The topological polar surface area (TPSA) is 180 Å². The smallest absolute Gasteiger partial charge is 0.407 e. The van der Waals surface area contributed by atoms with Crippen LogP contribution in [0.15, 0.2) is 108 Å². The number of alkyl carbamates (subject to hydrolysis) is 1. The van der Waals surface area contributed by atoms with Crippen LogP contribution in [-0.4, -0.2) is 85.3 Å². The second-order valence-electron chi connectivity index (χ2n) is 18.0. The number of fused-ring (bicyclic) bond motifs is 3. The SMILES string of the molecule is COOC=N[C@@H](C(=O)N1[C@H](c2nc3ncc(-c4ccc(-c5cnc([C@@H]6C[C@@H]7CCCC[C@@H]7N6C(=O)[C@H](NC(=O)OC)c6ccccc6)[nH]5)cc4)cc3[nH]2)C[C@@H]2CCCC[C@@H]21)c1ccccc1. The fraction of sp³-hybridized carbons (Fsp3) is 0.392. The van der Waals surface area contributed by atoms with Crippen LogP contribution in [0.2, 0.25) is 0 Å². The highest BCUT2D eigenvalue weighted by Crippen LogP contribution is 2.49. The number of aromatic amines is 2. The van der Waals surface area contributed by atoms with Crippen molar-refractivity contribution in [2.24, 2.45) is 16.8 Å². The van der Waals surface area contributed by atoms with Crippen molar-refractivity contribution < 1.29 is 28.9 Å². The van der Waals surface area contributed by atoms with Crippen LogP contribution in [0.25, 0.3) is 33.5 Å². The number of benzene rings is 3. The molecule has 4 fully saturated rings. The molecule has 2 saturated heterocycles. The van der Waals surface area contributed by atoms with Crippen LogP contribution in [0.1, 0.15) is 111 Å². The second kappa shape index (κ2) is 18.9. The zero-order valence-corrected chi connectivity index (χ0v) is 37.2. The Hall–Kier alpha value is -6.87. The van der Waals surface area contributed by atoms with Crippen molar-refractivity contribution in [3.63, 3.8) is 0 Å². The lowest BCUT2D eigenvalue weighted by atomic mass is 9.84. The summed E-state index contributed by atoms with van der Waals surface area (Å²) in [7, 11) is 2.71. The van der Waals surface area contributed by atoms with Crippen molar-refractivity contribution >= 4 is 35.5 Å². The Balaban J connectivity index is 0.891. The number of carbonyl (C=O) groups excluding carboxylic acids is 3. The van der Waals surface area contributed by atoms with Gasteiger partial charge in [0.25, 0.3) is 11.8 Å². The van der Waals surface area contributed by atoms with Crippen LogP contribution in [0, 0.1) is 11.8 Å². The fourth-order valence-electron chi connectivity index (χ4n) is 11.2. The van der Waals surface area contributed by atoms with Crippen molar-refractivity contribution in [3.8, 4) is 22.4 Å². The van der Waals surface area contributed by atoms with Gasteiger partial charge in [-0.25, -0.2) is 24.7 Å². The third-order valence-electron chi connectivity index (χ3n) is 14.3. The van der Waals surface area contributed by atoms with E-state index < -0.39 is 18.2 Å². The maximum Gasteiger partial charge on any atom is 0.407 e. The van der Waals surface area contributed by atoms with Crippen LogP contribution in [0.4, 0.5) is 4.79 Å². The van der Waals surface area contributed by atoms with E-state index in [1.54, 1.807) is 0 Å². The molecule has 2 saturated carbocycles. The van der Waals surface area contributed by atoms with Gasteiger partial charge in [0.2, 0.25) is 6.40 Å². The molecule has 2 aliphatic carbocycles. The maximum atomic E-state index is 14.7. The van der Waals surface area contributed by atoms with Gasteiger partial charge in [0.15, 0.2) is 11.7 Å². The minimum Gasteiger partial charge on any atom is -0.453 e. The lowest BCUT2D eigenvalue weighted by Gasteiger charge is -2.36. The summed E-state index contributed by atoms with van der Waals surface area (Å²) in [5.41, 5.74) is 6.58. The maximum absolute atomic E-state index is 14.7. The number of amides is 3. The molecular weight excluding hydrogens is 835 g/mol. The van der Waals surface area contributed by atoms with Gasteiger partial charge >= 0.3 is 6.09 Å². The van der Waals surface area contributed by atoms with E-state index in [2.05, 4.69) is 50.6 Å². The third-order valence-corrected chi connectivity index (χ3v) is 14.3. The predicted octanol–water partition coefficient (Wildman–Crippen LogP) is 9.12. The third kappa shape index (κ3) is 8.43. The monoisotopic (exact) mass is 889 g/mol. The lowest BCUT2D eigenvalue weighted by molar-refractivity contribution is -0.188. The molecule has 15 heteroatoms. The van der Waals surface area contributed by atoms with E-state index in [-0.39, 0.29) is 36.0 Å². The van der Waals surface area contributed by atoms with E-state index >= 15 is 0 Å².